The smallest absolute Gasteiger partial charge is 0.387 e. The predicted octanol–water partition coefficient (Wildman–Crippen LogP) is 4.64. The molecule has 0 saturated heterocycles. The second-order valence-electron chi connectivity index (χ2n) is 6.82. The Morgan fingerprint density at radius 2 is 1.84 bits per heavy atom. The van der Waals surface area contributed by atoms with Crippen molar-refractivity contribution in [3.05, 3.63) is 66.0 Å². The fourth-order valence-corrected chi connectivity index (χ4v) is 4.26. The van der Waals surface area contributed by atoms with Crippen LogP contribution in [0.4, 0.5) is 8.78 Å². The van der Waals surface area contributed by atoms with Gasteiger partial charge in [-0.3, -0.25) is 4.57 Å². The molecule has 1 unspecified atom stereocenters. The van der Waals surface area contributed by atoms with Crippen LogP contribution < -0.4 is 14.2 Å². The van der Waals surface area contributed by atoms with Crippen molar-refractivity contribution in [2.24, 2.45) is 0 Å². The summed E-state index contributed by atoms with van der Waals surface area (Å²) in [6.07, 6.45) is 1.54. The highest BCUT2D eigenvalue weighted by Gasteiger charge is 2.23. The summed E-state index contributed by atoms with van der Waals surface area (Å²) >= 11 is 0. The first kappa shape index (κ1) is 22.7. The van der Waals surface area contributed by atoms with Gasteiger partial charge in [-0.2, -0.15) is 8.78 Å². The van der Waals surface area contributed by atoms with Gasteiger partial charge in [-0.15, -0.1) is 0 Å². The lowest BCUT2D eigenvalue weighted by molar-refractivity contribution is -0.0499. The number of nitrogens with zero attached hydrogens (tertiary/aromatic N) is 2. The Balaban J connectivity index is 1.80. The molecule has 2 aromatic carbocycles. The normalized spacial score (nSPS) is 12.7. The van der Waals surface area contributed by atoms with E-state index in [-0.39, 0.29) is 10.6 Å². The van der Waals surface area contributed by atoms with Crippen molar-refractivity contribution in [2.75, 3.05) is 0 Å². The molecule has 0 saturated carbocycles. The minimum Gasteiger partial charge on any atom is -0.435 e. The van der Waals surface area contributed by atoms with Crippen LogP contribution in [0, 0.1) is 6.92 Å². The Kier molecular flexibility index (Phi) is 6.91. The lowest BCUT2D eigenvalue weighted by atomic mass is 10.2. The van der Waals surface area contributed by atoms with Gasteiger partial charge in [0.25, 0.3) is 0 Å². The van der Waals surface area contributed by atoms with Gasteiger partial charge in [0.2, 0.25) is 10.0 Å². The summed E-state index contributed by atoms with van der Waals surface area (Å²) in [5.74, 6) is 0.374. The molecule has 31 heavy (non-hydrogen) atoms. The molecule has 0 aliphatic carbocycles. The first-order valence-corrected chi connectivity index (χ1v) is 11.0. The van der Waals surface area contributed by atoms with Crippen LogP contribution in [0.15, 0.2) is 59.6 Å². The van der Waals surface area contributed by atoms with E-state index in [0.29, 0.717) is 24.0 Å². The molecule has 10 heteroatoms. The first-order chi connectivity index (χ1) is 14.7. The number of aromatic nitrogens is 2. The Morgan fingerprint density at radius 1 is 1.13 bits per heavy atom. The summed E-state index contributed by atoms with van der Waals surface area (Å²) in [6, 6.07) is 12.1. The minimum atomic E-state index is -4.00. The molecule has 0 aliphatic rings. The molecule has 1 N–H and O–H groups in total. The molecule has 7 nitrogen and oxygen atoms in total. The van der Waals surface area contributed by atoms with Crippen molar-refractivity contribution in [3.63, 3.8) is 0 Å². The topological polar surface area (TPSA) is 82.5 Å². The number of halogens is 2. The van der Waals surface area contributed by atoms with Crippen LogP contribution in [-0.4, -0.2) is 24.6 Å². The lowest BCUT2D eigenvalue weighted by Gasteiger charge is -2.17. The zero-order valence-corrected chi connectivity index (χ0v) is 18.1. The lowest BCUT2D eigenvalue weighted by Crippen LogP contribution is -2.28. The zero-order chi connectivity index (χ0) is 22.6. The summed E-state index contributed by atoms with van der Waals surface area (Å²) < 4.78 is 64.8. The van der Waals surface area contributed by atoms with Crippen LogP contribution in [0.3, 0.4) is 0 Å². The van der Waals surface area contributed by atoms with Crippen LogP contribution in [0.5, 0.6) is 17.5 Å². The van der Waals surface area contributed by atoms with E-state index in [1.165, 1.54) is 24.4 Å². The summed E-state index contributed by atoms with van der Waals surface area (Å²) in [7, 11) is -4.00. The Hall–Kier alpha value is -2.98. The van der Waals surface area contributed by atoms with E-state index in [4.69, 9.17) is 4.74 Å². The molecule has 0 fully saturated rings. The molecule has 1 atom stereocenters. The van der Waals surface area contributed by atoms with Crippen molar-refractivity contribution in [3.8, 4) is 17.5 Å². The van der Waals surface area contributed by atoms with E-state index in [0.717, 1.165) is 11.6 Å². The third kappa shape index (κ3) is 5.59. The van der Waals surface area contributed by atoms with Crippen LogP contribution in [-0.2, 0) is 16.6 Å². The third-order valence-electron chi connectivity index (χ3n) is 4.51. The molecule has 0 bridgehead atoms. The van der Waals surface area contributed by atoms with E-state index in [1.807, 2.05) is 38.1 Å². The SMILES string of the molecule is CCn1c(C(C)NS(=O)(=O)c2cccc(OC(F)F)c2)cnc1Oc1ccc(C)cc1. The van der Waals surface area contributed by atoms with E-state index < -0.39 is 22.7 Å². The fourth-order valence-electron chi connectivity index (χ4n) is 3.01. The van der Waals surface area contributed by atoms with Gasteiger partial charge in [0.05, 0.1) is 22.8 Å². The fraction of sp³-hybridized carbons (Fsp3) is 0.286. The van der Waals surface area contributed by atoms with Crippen LogP contribution in [0.25, 0.3) is 0 Å². The van der Waals surface area contributed by atoms with Gasteiger partial charge in [0, 0.05) is 12.6 Å². The average molecular weight is 451 g/mol. The molecule has 0 radical (unpaired) electrons. The Labute approximate surface area is 179 Å². The summed E-state index contributed by atoms with van der Waals surface area (Å²) in [4.78, 5) is 4.09. The van der Waals surface area contributed by atoms with Gasteiger partial charge in [0.1, 0.15) is 11.5 Å². The van der Waals surface area contributed by atoms with Crippen molar-refractivity contribution in [1.29, 1.82) is 0 Å². The summed E-state index contributed by atoms with van der Waals surface area (Å²) in [6.45, 7) is 2.98. The molecule has 3 rings (SSSR count). The standard InChI is InChI=1S/C21H23F2N3O4S/c1-4-26-19(13-24-21(26)30-16-10-8-14(2)9-11-16)15(3)25-31(27,28)18-7-5-6-17(12-18)29-20(22)23/h5-13,15,20,25H,4H2,1-3H3. The van der Waals surface area contributed by atoms with E-state index in [2.05, 4.69) is 14.4 Å². The largest absolute Gasteiger partial charge is 0.435 e. The van der Waals surface area contributed by atoms with E-state index >= 15 is 0 Å². The predicted molar refractivity (Wildman–Crippen MR) is 111 cm³/mol. The minimum absolute atomic E-state index is 0.184. The second-order valence-corrected chi connectivity index (χ2v) is 8.54. The van der Waals surface area contributed by atoms with Gasteiger partial charge in [-0.1, -0.05) is 23.8 Å². The highest BCUT2D eigenvalue weighted by molar-refractivity contribution is 7.89. The van der Waals surface area contributed by atoms with Gasteiger partial charge in [-0.25, -0.2) is 18.1 Å². The number of rotatable bonds is 9. The van der Waals surface area contributed by atoms with Crippen LogP contribution in [0.2, 0.25) is 0 Å². The molecule has 166 valence electrons. The number of aryl methyl sites for hydroxylation is 1. The molecule has 0 spiro atoms. The van der Waals surface area contributed by atoms with Crippen molar-refractivity contribution >= 4 is 10.0 Å². The molecular weight excluding hydrogens is 428 g/mol. The number of hydrogen-bond donors (Lipinski definition) is 1. The zero-order valence-electron chi connectivity index (χ0n) is 17.2. The van der Waals surface area contributed by atoms with Crippen molar-refractivity contribution in [2.45, 2.75) is 44.9 Å². The quantitative estimate of drug-likeness (QED) is 0.512. The maximum Gasteiger partial charge on any atom is 0.387 e. The van der Waals surface area contributed by atoms with Gasteiger partial charge >= 0.3 is 12.6 Å². The second kappa shape index (κ2) is 9.44. The number of ether oxygens (including phenoxy) is 2. The van der Waals surface area contributed by atoms with Gasteiger partial charge in [0.15, 0.2) is 0 Å². The first-order valence-electron chi connectivity index (χ1n) is 9.56. The molecular formula is C21H23F2N3O4S. The number of hydrogen-bond acceptors (Lipinski definition) is 5. The van der Waals surface area contributed by atoms with Crippen LogP contribution in [0.1, 0.15) is 31.1 Å². The molecule has 3 aromatic rings. The Morgan fingerprint density at radius 3 is 2.48 bits per heavy atom. The van der Waals surface area contributed by atoms with Gasteiger partial charge in [-0.05, 0) is 45.0 Å². The van der Waals surface area contributed by atoms with Crippen molar-refractivity contribution in [1.82, 2.24) is 14.3 Å². The summed E-state index contributed by atoms with van der Waals surface area (Å²) in [5, 5.41) is 0. The highest BCUT2D eigenvalue weighted by atomic mass is 32.2. The number of nitrogens with one attached hydrogen (secondary N) is 1. The number of imidazole rings is 1. The monoisotopic (exact) mass is 451 g/mol. The third-order valence-corrected chi connectivity index (χ3v) is 6.05. The maximum atomic E-state index is 12.8. The highest BCUT2D eigenvalue weighted by Crippen LogP contribution is 2.26. The van der Waals surface area contributed by atoms with E-state index in [9.17, 15) is 17.2 Å². The van der Waals surface area contributed by atoms with Gasteiger partial charge < -0.3 is 9.47 Å². The molecule has 1 heterocycles. The summed E-state index contributed by atoms with van der Waals surface area (Å²) in [5.41, 5.74) is 1.69. The van der Waals surface area contributed by atoms with Crippen molar-refractivity contribution < 1.29 is 26.7 Å². The molecule has 0 aliphatic heterocycles. The number of sulfonamides is 1. The molecule has 1 aromatic heterocycles. The molecule has 0 amide bonds. The Bertz CT molecular complexity index is 1130. The number of benzene rings is 2. The number of alkyl halides is 2. The van der Waals surface area contributed by atoms with E-state index in [1.54, 1.807) is 11.5 Å². The van der Waals surface area contributed by atoms with Crippen LogP contribution >= 0.6 is 0 Å². The maximum absolute atomic E-state index is 12.8. The average Bonchev–Trinajstić information content (AvgIpc) is 3.12.